The number of carbonyl (C=O) groups is 1. The monoisotopic (exact) mass is 601 g/mol. The van der Waals surface area contributed by atoms with Gasteiger partial charge in [0.05, 0.1) is 40.3 Å². The highest BCUT2D eigenvalue weighted by atomic mass is 32.2. The molecule has 1 amide bonds. The van der Waals surface area contributed by atoms with Crippen LogP contribution >= 0.6 is 0 Å². The Kier molecular flexibility index (Phi) is 7.09. The molecule has 0 unspecified atom stereocenters. The van der Waals surface area contributed by atoms with Gasteiger partial charge in [-0.3, -0.25) is 4.79 Å². The lowest BCUT2D eigenvalue weighted by Crippen LogP contribution is -2.37. The minimum Gasteiger partial charge on any atom is -0.494 e. The van der Waals surface area contributed by atoms with Crippen molar-refractivity contribution >= 4 is 42.5 Å². The summed E-state index contributed by atoms with van der Waals surface area (Å²) in [5, 5.41) is 3.47. The molecule has 6 rings (SSSR count). The summed E-state index contributed by atoms with van der Waals surface area (Å²) in [4.78, 5) is 13.2. The van der Waals surface area contributed by atoms with Crippen LogP contribution in [-0.2, 0) is 33.0 Å². The minimum atomic E-state index is -4.15. The van der Waals surface area contributed by atoms with Gasteiger partial charge in [0.15, 0.2) is 0 Å². The van der Waals surface area contributed by atoms with Gasteiger partial charge < -0.3 is 10.1 Å². The van der Waals surface area contributed by atoms with Gasteiger partial charge in [0.1, 0.15) is 5.75 Å². The molecule has 0 saturated carbocycles. The number of carbonyl (C=O) groups excluding carboxylic acids is 1. The predicted molar refractivity (Wildman–Crippen MR) is 160 cm³/mol. The van der Waals surface area contributed by atoms with E-state index in [0.717, 1.165) is 0 Å². The Morgan fingerprint density at radius 2 is 1.36 bits per heavy atom. The van der Waals surface area contributed by atoms with Crippen LogP contribution < -0.4 is 10.1 Å². The topological polar surface area (TPSA) is 115 Å². The summed E-state index contributed by atoms with van der Waals surface area (Å²) in [6, 6.07) is 28.1. The number of sulfonamides is 1. The van der Waals surface area contributed by atoms with Crippen molar-refractivity contribution in [3.8, 4) is 5.75 Å². The van der Waals surface area contributed by atoms with Crippen LogP contribution in [0.1, 0.15) is 21.6 Å². The Labute approximate surface area is 244 Å². The number of nitrogens with one attached hydrogen (secondary N) is 1. The van der Waals surface area contributed by atoms with E-state index >= 15 is 0 Å². The maximum Gasteiger partial charge on any atom is 0.268 e. The molecule has 0 aliphatic carbocycles. The Morgan fingerprint density at radius 1 is 0.786 bits per heavy atom. The zero-order valence-electron chi connectivity index (χ0n) is 22.6. The molecule has 9 nitrogen and oxygen atoms in total. The third-order valence-electron chi connectivity index (χ3n) is 7.34. The van der Waals surface area contributed by atoms with E-state index in [1.54, 1.807) is 72.8 Å². The van der Waals surface area contributed by atoms with Crippen molar-refractivity contribution in [3.63, 3.8) is 0 Å². The second kappa shape index (κ2) is 10.8. The molecule has 0 radical (unpaired) electrons. The number of ether oxygens (including phenoxy) is 1. The average Bonchev–Trinajstić information content (AvgIpc) is 3.35. The molecule has 1 aliphatic rings. The third kappa shape index (κ3) is 4.75. The molecule has 2 heterocycles. The van der Waals surface area contributed by atoms with E-state index in [2.05, 4.69) is 5.32 Å². The van der Waals surface area contributed by atoms with Crippen LogP contribution in [0.2, 0.25) is 0 Å². The van der Waals surface area contributed by atoms with E-state index in [9.17, 15) is 21.6 Å². The van der Waals surface area contributed by atoms with Crippen molar-refractivity contribution in [3.05, 3.63) is 120 Å². The molecular weight excluding hydrogens is 574 g/mol. The fourth-order valence-corrected chi connectivity index (χ4v) is 8.30. The molecule has 214 valence electrons. The summed E-state index contributed by atoms with van der Waals surface area (Å²) in [7, 11) is -6.61. The summed E-state index contributed by atoms with van der Waals surface area (Å²) in [6.45, 7) is 0.00773. The Balaban J connectivity index is 1.54. The number of nitrogens with zero attached hydrogens (tertiary/aromatic N) is 2. The Bertz CT molecular complexity index is 2010. The molecule has 0 spiro atoms. The van der Waals surface area contributed by atoms with Gasteiger partial charge in [0.2, 0.25) is 10.0 Å². The highest BCUT2D eigenvalue weighted by molar-refractivity contribution is 7.90. The highest BCUT2D eigenvalue weighted by Crippen LogP contribution is 2.40. The molecular formula is C31H27N3O6S2. The van der Waals surface area contributed by atoms with Crippen LogP contribution in [0.4, 0.5) is 5.69 Å². The van der Waals surface area contributed by atoms with E-state index in [-0.39, 0.29) is 41.0 Å². The maximum atomic E-state index is 14.1. The van der Waals surface area contributed by atoms with Gasteiger partial charge in [-0.1, -0.05) is 54.6 Å². The summed E-state index contributed by atoms with van der Waals surface area (Å²) < 4.78 is 63.5. The van der Waals surface area contributed by atoms with Gasteiger partial charge in [0.25, 0.3) is 15.9 Å². The normalized spacial score (nSPS) is 13.9. The molecule has 0 fully saturated rings. The smallest absolute Gasteiger partial charge is 0.268 e. The zero-order valence-corrected chi connectivity index (χ0v) is 24.2. The van der Waals surface area contributed by atoms with Crippen LogP contribution in [0.15, 0.2) is 113 Å². The molecule has 11 heteroatoms. The lowest BCUT2D eigenvalue weighted by Gasteiger charge is -2.27. The molecule has 0 bridgehead atoms. The first-order valence-corrected chi connectivity index (χ1v) is 16.1. The fourth-order valence-electron chi connectivity index (χ4n) is 5.29. The van der Waals surface area contributed by atoms with Crippen LogP contribution in [0.3, 0.4) is 0 Å². The fraction of sp³-hybridized carbons (Fsp3) is 0.129. The summed E-state index contributed by atoms with van der Waals surface area (Å²) in [5.74, 6) is -0.0847. The molecule has 4 aromatic carbocycles. The lowest BCUT2D eigenvalue weighted by atomic mass is 10.0. The number of hydrogen-bond donors (Lipinski definition) is 1. The molecule has 5 aromatic rings. The minimum absolute atomic E-state index is 0.0631. The molecule has 1 aliphatic heterocycles. The number of anilines is 1. The first-order chi connectivity index (χ1) is 20.2. The van der Waals surface area contributed by atoms with E-state index in [1.807, 2.05) is 6.07 Å². The van der Waals surface area contributed by atoms with Gasteiger partial charge in [-0.2, -0.15) is 4.31 Å². The first kappa shape index (κ1) is 27.7. The van der Waals surface area contributed by atoms with Crippen LogP contribution in [0.5, 0.6) is 5.75 Å². The molecule has 0 saturated heterocycles. The number of rotatable bonds is 7. The number of hydrogen-bond acceptors (Lipinski definition) is 6. The molecule has 1 N–H and O–H groups in total. The number of fused-ring (bicyclic) bond motifs is 3. The summed E-state index contributed by atoms with van der Waals surface area (Å²) in [5.41, 5.74) is 2.19. The first-order valence-electron chi connectivity index (χ1n) is 13.2. The van der Waals surface area contributed by atoms with Crippen molar-refractivity contribution in [2.45, 2.75) is 22.8 Å². The van der Waals surface area contributed by atoms with E-state index in [1.165, 1.54) is 39.7 Å². The second-order valence-corrected chi connectivity index (χ2v) is 13.5. The van der Waals surface area contributed by atoms with E-state index < -0.39 is 20.0 Å². The van der Waals surface area contributed by atoms with Gasteiger partial charge in [0, 0.05) is 23.6 Å². The third-order valence-corrected chi connectivity index (χ3v) is 11.0. The van der Waals surface area contributed by atoms with Gasteiger partial charge in [-0.15, -0.1) is 0 Å². The number of methoxy groups -OCH3 is 1. The zero-order chi connectivity index (χ0) is 29.5. The second-order valence-electron chi connectivity index (χ2n) is 9.80. The van der Waals surface area contributed by atoms with Crippen molar-refractivity contribution in [1.82, 2.24) is 8.28 Å². The predicted octanol–water partition coefficient (Wildman–Crippen LogP) is 4.89. The van der Waals surface area contributed by atoms with Crippen LogP contribution in [0, 0.1) is 0 Å². The largest absolute Gasteiger partial charge is 0.494 e. The quantitative estimate of drug-likeness (QED) is 0.284. The maximum absolute atomic E-state index is 14.1. The van der Waals surface area contributed by atoms with Crippen molar-refractivity contribution in [2.75, 3.05) is 19.0 Å². The lowest BCUT2D eigenvalue weighted by molar-refractivity contribution is 0.102. The molecule has 1 aromatic heterocycles. The number of aromatic nitrogens is 1. The van der Waals surface area contributed by atoms with E-state index in [4.69, 9.17) is 4.74 Å². The Morgan fingerprint density at radius 3 is 1.95 bits per heavy atom. The summed E-state index contributed by atoms with van der Waals surface area (Å²) in [6.07, 6.45) is 0.271. The van der Waals surface area contributed by atoms with Gasteiger partial charge >= 0.3 is 0 Å². The number of benzene rings is 4. The SMILES string of the molecule is COc1cc2c(cc1NC(=O)c1ccccc1)c1c(n2S(=O)(=O)c2ccccc2)CN(S(=O)(=O)c2ccccc2)CC1. The Hall–Kier alpha value is -4.45. The van der Waals surface area contributed by atoms with E-state index in [0.29, 0.717) is 33.4 Å². The van der Waals surface area contributed by atoms with Crippen molar-refractivity contribution in [2.24, 2.45) is 0 Å². The van der Waals surface area contributed by atoms with Gasteiger partial charge in [-0.25, -0.2) is 20.8 Å². The average molecular weight is 602 g/mol. The van der Waals surface area contributed by atoms with Crippen LogP contribution in [-0.4, -0.2) is 44.7 Å². The van der Waals surface area contributed by atoms with Gasteiger partial charge in [-0.05, 0) is 54.4 Å². The highest BCUT2D eigenvalue weighted by Gasteiger charge is 2.35. The molecule has 0 atom stereocenters. The van der Waals surface area contributed by atoms with Crippen molar-refractivity contribution in [1.29, 1.82) is 0 Å². The van der Waals surface area contributed by atoms with Crippen LogP contribution in [0.25, 0.3) is 10.9 Å². The van der Waals surface area contributed by atoms with Crippen molar-refractivity contribution < 1.29 is 26.4 Å². The standard InChI is InChI=1S/C31H27N3O6S2/c1-40-30-20-28-26(19-27(30)32-31(35)22-11-5-2-6-12-22)25-17-18-33(41(36,37)23-13-7-3-8-14-23)21-29(25)34(28)42(38,39)24-15-9-4-10-16-24/h2-16,19-20H,17-18,21H2,1H3,(H,32,35). The summed E-state index contributed by atoms with van der Waals surface area (Å²) >= 11 is 0. The molecule has 42 heavy (non-hydrogen) atoms. The number of amides is 1.